The molecule has 0 amide bonds. The third-order valence-electron chi connectivity index (χ3n) is 7.33. The molecule has 0 N–H and O–H groups in total. The zero-order valence-electron chi connectivity index (χ0n) is 23.4. The van der Waals surface area contributed by atoms with Gasteiger partial charge in [0.15, 0.2) is 11.5 Å². The summed E-state index contributed by atoms with van der Waals surface area (Å²) in [6, 6.07) is 14.6. The van der Waals surface area contributed by atoms with E-state index in [2.05, 4.69) is 124 Å². The maximum absolute atomic E-state index is 11.9. The van der Waals surface area contributed by atoms with E-state index in [0.717, 1.165) is 11.3 Å². The Hall–Kier alpha value is -3.33. The molecule has 2 aromatic rings. The second-order valence-corrected chi connectivity index (χ2v) is 11.4. The van der Waals surface area contributed by atoms with E-state index in [1.807, 2.05) is 12.1 Å². The molecule has 4 rings (SSSR count). The van der Waals surface area contributed by atoms with Crippen molar-refractivity contribution in [3.8, 4) is 0 Å². The summed E-state index contributed by atoms with van der Waals surface area (Å²) in [6.45, 7) is 10.6. The van der Waals surface area contributed by atoms with Gasteiger partial charge in [-0.3, -0.25) is 4.79 Å². The number of likely N-dealkylation sites (N-methyl/N-ethyl adjacent to an activating group) is 1. The van der Waals surface area contributed by atoms with Crippen LogP contribution in [-0.4, -0.2) is 30.2 Å². The SMILES string of the molecule is CC(=O)c1ccc2c(c1)C(C)(C)/C(=C/C=C/C=C/C=C/C1=[N+](C)c3ccccc3C1(C)C)N2C.[O-][Cl+3]([O-])([O-])[O-]. The molecule has 39 heavy (non-hydrogen) atoms. The van der Waals surface area contributed by atoms with Crippen LogP contribution in [-0.2, 0) is 10.8 Å². The lowest BCUT2D eigenvalue weighted by Crippen LogP contribution is -2.68. The Morgan fingerprint density at radius 1 is 0.872 bits per heavy atom. The monoisotopic (exact) mass is 550 g/mol. The van der Waals surface area contributed by atoms with Gasteiger partial charge in [-0.25, -0.2) is 18.6 Å². The van der Waals surface area contributed by atoms with Gasteiger partial charge in [-0.2, -0.15) is 4.58 Å². The third kappa shape index (κ3) is 6.64. The molecule has 0 aromatic heterocycles. The number of carbonyl (C=O) groups is 1. The largest absolute Gasteiger partial charge is 0.347 e. The highest BCUT2D eigenvalue weighted by atomic mass is 35.7. The summed E-state index contributed by atoms with van der Waals surface area (Å²) >= 11 is 0. The molecule has 2 aliphatic heterocycles. The van der Waals surface area contributed by atoms with Gasteiger partial charge in [0.25, 0.3) is 0 Å². The van der Waals surface area contributed by atoms with Crippen molar-refractivity contribution in [2.45, 2.75) is 45.4 Å². The van der Waals surface area contributed by atoms with Crippen molar-refractivity contribution < 1.29 is 38.2 Å². The van der Waals surface area contributed by atoms with Crippen LogP contribution in [0.5, 0.6) is 0 Å². The van der Waals surface area contributed by atoms with Crippen molar-refractivity contribution in [1.82, 2.24) is 0 Å². The fourth-order valence-electron chi connectivity index (χ4n) is 5.34. The lowest BCUT2D eigenvalue weighted by Gasteiger charge is -2.23. The number of halogens is 1. The number of benzene rings is 2. The number of hydrogen-bond acceptors (Lipinski definition) is 6. The lowest BCUT2D eigenvalue weighted by atomic mass is 9.81. The van der Waals surface area contributed by atoms with Crippen molar-refractivity contribution in [3.05, 3.63) is 107 Å². The number of nitrogens with zero attached hydrogens (tertiary/aromatic N) is 2. The van der Waals surface area contributed by atoms with Gasteiger partial charge in [-0.15, -0.1) is 10.2 Å². The molecule has 0 unspecified atom stereocenters. The number of Topliss-reactive ketones (excluding diaryl/α,β-unsaturated/α-hetero) is 1. The van der Waals surface area contributed by atoms with E-state index in [0.29, 0.717) is 0 Å². The van der Waals surface area contributed by atoms with Gasteiger partial charge in [-0.1, -0.05) is 62.4 Å². The Labute approximate surface area is 232 Å². The van der Waals surface area contributed by atoms with E-state index >= 15 is 0 Å². The van der Waals surface area contributed by atoms with Crippen LogP contribution in [0.15, 0.2) is 90.7 Å². The fourth-order valence-corrected chi connectivity index (χ4v) is 5.34. The molecule has 2 aromatic carbocycles. The molecule has 206 valence electrons. The first-order chi connectivity index (χ1) is 18.1. The minimum atomic E-state index is -4.94. The maximum atomic E-state index is 11.9. The molecule has 0 atom stereocenters. The second-order valence-electron chi connectivity index (χ2n) is 10.6. The van der Waals surface area contributed by atoms with Gasteiger partial charge in [0, 0.05) is 47.1 Å². The van der Waals surface area contributed by atoms with Crippen LogP contribution in [0.1, 0.15) is 56.1 Å². The number of anilines is 1. The summed E-state index contributed by atoms with van der Waals surface area (Å²) in [5.41, 5.74) is 8.11. The average Bonchev–Trinajstić information content (AvgIpc) is 3.15. The topological polar surface area (TPSA) is 116 Å². The Bertz CT molecular complexity index is 1400. The molecule has 8 heteroatoms. The van der Waals surface area contributed by atoms with Gasteiger partial charge in [-0.05, 0) is 50.6 Å². The normalized spacial score (nSPS) is 18.7. The van der Waals surface area contributed by atoms with Crippen LogP contribution >= 0.6 is 0 Å². The van der Waals surface area contributed by atoms with E-state index in [-0.39, 0.29) is 16.6 Å². The Morgan fingerprint density at radius 3 is 2.08 bits per heavy atom. The zero-order valence-corrected chi connectivity index (χ0v) is 24.2. The summed E-state index contributed by atoms with van der Waals surface area (Å²) in [4.78, 5) is 14.1. The van der Waals surface area contributed by atoms with Crippen molar-refractivity contribution >= 4 is 22.9 Å². The van der Waals surface area contributed by atoms with E-state index in [4.69, 9.17) is 18.6 Å². The zero-order chi connectivity index (χ0) is 29.2. The summed E-state index contributed by atoms with van der Waals surface area (Å²) in [5, 5.41) is 0. The highest BCUT2D eigenvalue weighted by Gasteiger charge is 2.42. The van der Waals surface area contributed by atoms with Crippen molar-refractivity contribution in [1.29, 1.82) is 0 Å². The fraction of sp³-hybridized carbons (Fsp3) is 0.290. The number of rotatable bonds is 5. The lowest BCUT2D eigenvalue weighted by molar-refractivity contribution is -2.00. The van der Waals surface area contributed by atoms with Crippen LogP contribution in [0, 0.1) is 10.2 Å². The molecular weight excluding hydrogens is 516 g/mol. The van der Waals surface area contributed by atoms with Crippen molar-refractivity contribution in [2.24, 2.45) is 0 Å². The van der Waals surface area contributed by atoms with E-state index < -0.39 is 10.2 Å². The minimum Gasteiger partial charge on any atom is -0.347 e. The summed E-state index contributed by atoms with van der Waals surface area (Å²) < 4.78 is 36.3. The highest BCUT2D eigenvalue weighted by Crippen LogP contribution is 2.47. The Kier molecular flexibility index (Phi) is 8.85. The Balaban J connectivity index is 0.000000771. The van der Waals surface area contributed by atoms with Crippen LogP contribution in [0.4, 0.5) is 11.4 Å². The predicted molar refractivity (Wildman–Crippen MR) is 144 cm³/mol. The van der Waals surface area contributed by atoms with Gasteiger partial charge < -0.3 is 4.90 Å². The van der Waals surface area contributed by atoms with Gasteiger partial charge in [0.05, 0.1) is 5.41 Å². The van der Waals surface area contributed by atoms with Crippen LogP contribution in [0.25, 0.3) is 0 Å². The standard InChI is InChI=1S/C31H35N2O.ClHO4/c1-22(34)23-19-20-27-25(21-23)31(4,5)29(33(27)7)18-12-10-8-9-11-17-28-30(2,3)24-15-13-14-16-26(24)32(28)6;2-1(3,4)5/h8-21H,1-7H3;(H,2,3,4,5)/q+1;/p-1. The maximum Gasteiger partial charge on any atom is 0.209 e. The molecule has 2 aliphatic rings. The predicted octanol–water partition coefficient (Wildman–Crippen LogP) is 2.12. The van der Waals surface area contributed by atoms with Crippen molar-refractivity contribution in [3.63, 3.8) is 0 Å². The first-order valence-corrected chi connectivity index (χ1v) is 13.7. The molecule has 0 saturated heterocycles. The number of hydrogen-bond donors (Lipinski definition) is 0. The molecule has 7 nitrogen and oxygen atoms in total. The quantitative estimate of drug-likeness (QED) is 0.320. The average molecular weight is 551 g/mol. The number of fused-ring (bicyclic) bond motifs is 2. The minimum absolute atomic E-state index is 0.00809. The second kappa shape index (κ2) is 11.4. The molecule has 0 saturated carbocycles. The van der Waals surface area contributed by atoms with Crippen LogP contribution < -0.4 is 23.5 Å². The first-order valence-electron chi connectivity index (χ1n) is 12.5. The third-order valence-corrected chi connectivity index (χ3v) is 7.33. The molecule has 0 fully saturated rings. The van der Waals surface area contributed by atoms with Gasteiger partial charge in [0.1, 0.15) is 7.05 Å². The van der Waals surface area contributed by atoms with Gasteiger partial charge >= 0.3 is 0 Å². The molecule has 0 aliphatic carbocycles. The molecule has 0 radical (unpaired) electrons. The summed E-state index contributed by atoms with van der Waals surface area (Å²) in [5.74, 6) is 0.103. The van der Waals surface area contributed by atoms with Crippen molar-refractivity contribution in [2.75, 3.05) is 19.0 Å². The van der Waals surface area contributed by atoms with E-state index in [1.165, 1.54) is 28.2 Å². The number of ketones is 1. The van der Waals surface area contributed by atoms with Crippen LogP contribution in [0.2, 0.25) is 0 Å². The number of para-hydroxylation sites is 1. The first kappa shape index (κ1) is 30.2. The Morgan fingerprint density at radius 2 is 1.46 bits per heavy atom. The highest BCUT2D eigenvalue weighted by molar-refractivity contribution is 6.03. The number of allylic oxidation sites excluding steroid dienone is 8. The molecular formula is C31H35ClN2O5. The van der Waals surface area contributed by atoms with Gasteiger partial charge in [0.2, 0.25) is 5.69 Å². The summed E-state index contributed by atoms with van der Waals surface area (Å²) in [6.07, 6.45) is 14.8. The molecule has 2 heterocycles. The van der Waals surface area contributed by atoms with E-state index in [1.54, 1.807) is 6.92 Å². The molecule has 0 bridgehead atoms. The van der Waals surface area contributed by atoms with E-state index in [9.17, 15) is 4.79 Å². The smallest absolute Gasteiger partial charge is 0.209 e. The van der Waals surface area contributed by atoms with Crippen LogP contribution in [0.3, 0.4) is 0 Å². The number of carbonyl (C=O) groups excluding carboxylic acids is 1. The summed E-state index contributed by atoms with van der Waals surface area (Å²) in [7, 11) is -0.714. The molecule has 0 spiro atoms.